The summed E-state index contributed by atoms with van der Waals surface area (Å²) in [5.41, 5.74) is 1.25. The van der Waals surface area contributed by atoms with E-state index < -0.39 is 30.7 Å². The van der Waals surface area contributed by atoms with E-state index in [1.54, 1.807) is 38.1 Å². The summed E-state index contributed by atoms with van der Waals surface area (Å²) in [4.78, 5) is 11.9. The number of nitrogens with one attached hydrogen (secondary N) is 2. The van der Waals surface area contributed by atoms with Crippen molar-refractivity contribution < 1.29 is 26.4 Å². The highest BCUT2D eigenvalue weighted by Crippen LogP contribution is 2.31. The number of para-hydroxylation sites is 2. The molecular weight excluding hydrogens is 478 g/mol. The van der Waals surface area contributed by atoms with E-state index in [1.807, 2.05) is 0 Å². The van der Waals surface area contributed by atoms with Crippen molar-refractivity contribution in [1.29, 1.82) is 0 Å². The number of hydrogen-bond donors (Lipinski definition) is 2. The Morgan fingerprint density at radius 3 is 2.28 bits per heavy atom. The minimum absolute atomic E-state index is 0.0603. The number of esters is 1. The summed E-state index contributed by atoms with van der Waals surface area (Å²) < 4.78 is 59.0. The largest absolute Gasteiger partial charge is 0.462 e. The van der Waals surface area contributed by atoms with Gasteiger partial charge in [0.1, 0.15) is 10.5 Å². The number of anilines is 2. The van der Waals surface area contributed by atoms with Gasteiger partial charge in [-0.1, -0.05) is 23.7 Å². The van der Waals surface area contributed by atoms with Gasteiger partial charge in [-0.15, -0.1) is 4.40 Å². The summed E-state index contributed by atoms with van der Waals surface area (Å²) in [6.07, 6.45) is 0.943. The van der Waals surface area contributed by atoms with Crippen LogP contribution in [0.4, 0.5) is 11.4 Å². The Labute approximate surface area is 191 Å². The minimum Gasteiger partial charge on any atom is -0.462 e. The molecule has 0 fully saturated rings. The first-order chi connectivity index (χ1) is 14.9. The number of amidine groups is 1. The zero-order valence-electron chi connectivity index (χ0n) is 17.3. The van der Waals surface area contributed by atoms with E-state index in [9.17, 15) is 21.6 Å². The lowest BCUT2D eigenvalue weighted by Crippen LogP contribution is -2.25. The molecule has 0 saturated heterocycles. The van der Waals surface area contributed by atoms with Crippen LogP contribution in [0.5, 0.6) is 0 Å². The Kier molecular flexibility index (Phi) is 6.63. The summed E-state index contributed by atoms with van der Waals surface area (Å²) in [7, 11) is -8.24. The van der Waals surface area contributed by atoms with Crippen LogP contribution in [-0.4, -0.2) is 41.5 Å². The lowest BCUT2D eigenvalue weighted by Gasteiger charge is -2.12. The van der Waals surface area contributed by atoms with Crippen molar-refractivity contribution in [2.24, 2.45) is 4.40 Å². The molecular formula is C20H20ClN3O6S2. The number of carbonyl (C=O) groups is 1. The van der Waals surface area contributed by atoms with Gasteiger partial charge < -0.3 is 15.4 Å². The fourth-order valence-electron chi connectivity index (χ4n) is 2.94. The second-order valence-electron chi connectivity index (χ2n) is 6.80. The molecule has 0 spiro atoms. The Balaban J connectivity index is 2.23. The number of nitrogens with zero attached hydrogens (tertiary/aromatic N) is 1. The third-order valence-electron chi connectivity index (χ3n) is 4.41. The lowest BCUT2D eigenvalue weighted by atomic mass is 10.2. The van der Waals surface area contributed by atoms with Crippen LogP contribution >= 0.6 is 11.6 Å². The van der Waals surface area contributed by atoms with Crippen molar-refractivity contribution in [3.63, 3.8) is 0 Å². The fourth-order valence-corrected chi connectivity index (χ4v) is 5.13. The van der Waals surface area contributed by atoms with Crippen molar-refractivity contribution in [2.75, 3.05) is 23.5 Å². The Morgan fingerprint density at radius 1 is 1.06 bits per heavy atom. The molecule has 0 saturated carbocycles. The average Bonchev–Trinajstić information content (AvgIpc) is 2.82. The smallest absolute Gasteiger partial charge is 0.343 e. The fraction of sp³-hybridized carbons (Fsp3) is 0.200. The van der Waals surface area contributed by atoms with Crippen molar-refractivity contribution in [3.8, 4) is 0 Å². The van der Waals surface area contributed by atoms with Crippen LogP contribution in [0, 0.1) is 0 Å². The number of ether oxygens (including phenoxy) is 1. The van der Waals surface area contributed by atoms with Crippen molar-refractivity contribution in [3.05, 3.63) is 58.8 Å². The van der Waals surface area contributed by atoms with E-state index >= 15 is 0 Å². The van der Waals surface area contributed by atoms with Gasteiger partial charge in [-0.25, -0.2) is 13.2 Å². The Hall–Kier alpha value is -2.89. The van der Waals surface area contributed by atoms with Gasteiger partial charge in [0.15, 0.2) is 15.7 Å². The molecule has 1 heterocycles. The predicted octanol–water partition coefficient (Wildman–Crippen LogP) is 3.21. The predicted molar refractivity (Wildman–Crippen MR) is 122 cm³/mol. The van der Waals surface area contributed by atoms with Crippen molar-refractivity contribution in [1.82, 2.24) is 0 Å². The lowest BCUT2D eigenvalue weighted by molar-refractivity contribution is -0.137. The molecule has 0 aromatic heterocycles. The average molecular weight is 498 g/mol. The van der Waals surface area contributed by atoms with Crippen LogP contribution in [0.2, 0.25) is 5.02 Å². The number of fused-ring (bicyclic) bond motifs is 1. The zero-order chi connectivity index (χ0) is 23.7. The molecule has 1 aliphatic rings. The topological polar surface area (TPSA) is 131 Å². The van der Waals surface area contributed by atoms with E-state index in [4.69, 9.17) is 16.3 Å². The molecule has 0 unspecified atom stereocenters. The summed E-state index contributed by atoms with van der Waals surface area (Å²) in [5, 5.41) is 5.69. The van der Waals surface area contributed by atoms with E-state index in [-0.39, 0.29) is 27.9 Å². The van der Waals surface area contributed by atoms with Crippen LogP contribution in [0.1, 0.15) is 13.8 Å². The molecule has 0 amide bonds. The SMILES string of the molecule is CCOC(=O)C1=C(C)Nc2ccccc2N/C1=N/S(=O)(=O)c1cc(S(C)(=O)=O)ccc1Cl. The number of benzene rings is 2. The quantitative estimate of drug-likeness (QED) is 0.602. The number of allylic oxidation sites excluding steroid dienone is 1. The molecule has 0 aliphatic carbocycles. The zero-order valence-corrected chi connectivity index (χ0v) is 19.7. The van der Waals surface area contributed by atoms with Crippen molar-refractivity contribution in [2.45, 2.75) is 23.6 Å². The molecule has 32 heavy (non-hydrogen) atoms. The number of sulfone groups is 1. The molecule has 2 N–H and O–H groups in total. The minimum atomic E-state index is -4.54. The normalized spacial score (nSPS) is 15.4. The summed E-state index contributed by atoms with van der Waals surface area (Å²) >= 11 is 6.06. The number of sulfonamides is 1. The van der Waals surface area contributed by atoms with Gasteiger partial charge in [0.25, 0.3) is 10.0 Å². The second-order valence-corrected chi connectivity index (χ2v) is 10.8. The summed E-state index contributed by atoms with van der Waals surface area (Å²) in [6, 6.07) is 10.2. The first-order valence-corrected chi connectivity index (χ1v) is 13.0. The van der Waals surface area contributed by atoms with Crippen LogP contribution in [-0.2, 0) is 29.4 Å². The monoisotopic (exact) mass is 497 g/mol. The molecule has 12 heteroatoms. The van der Waals surface area contributed by atoms with E-state index in [0.29, 0.717) is 17.1 Å². The molecule has 2 aromatic rings. The molecule has 3 rings (SSSR count). The molecule has 9 nitrogen and oxygen atoms in total. The Bertz CT molecular complexity index is 1370. The van der Waals surface area contributed by atoms with Crippen LogP contribution < -0.4 is 10.6 Å². The third kappa shape index (κ3) is 4.95. The van der Waals surface area contributed by atoms with E-state index in [1.165, 1.54) is 6.07 Å². The van der Waals surface area contributed by atoms with E-state index in [0.717, 1.165) is 18.4 Å². The van der Waals surface area contributed by atoms with Gasteiger partial charge in [0, 0.05) is 12.0 Å². The standard InChI is InChI=1S/C20H20ClN3O6S2/c1-4-30-20(25)18-12(2)22-15-7-5-6-8-16(15)23-19(18)24-32(28,29)17-11-13(31(3,26)27)9-10-14(17)21/h5-11,22H,4H2,1-3H3,(H,23,24). The van der Waals surface area contributed by atoms with Crippen LogP contribution in [0.25, 0.3) is 0 Å². The molecule has 170 valence electrons. The van der Waals surface area contributed by atoms with Gasteiger partial charge >= 0.3 is 5.97 Å². The molecule has 0 radical (unpaired) electrons. The summed E-state index contributed by atoms with van der Waals surface area (Å²) in [6.45, 7) is 3.25. The highest BCUT2D eigenvalue weighted by molar-refractivity contribution is 7.91. The third-order valence-corrected chi connectivity index (χ3v) is 7.28. The molecule has 1 aliphatic heterocycles. The number of carbonyl (C=O) groups excluding carboxylic acids is 1. The van der Waals surface area contributed by atoms with Crippen molar-refractivity contribution >= 4 is 54.6 Å². The van der Waals surface area contributed by atoms with Crippen LogP contribution in [0.15, 0.2) is 67.9 Å². The van der Waals surface area contributed by atoms with Gasteiger partial charge in [0.2, 0.25) is 0 Å². The molecule has 0 bridgehead atoms. The summed E-state index contributed by atoms with van der Waals surface area (Å²) in [5.74, 6) is -1.08. The number of rotatable bonds is 5. The maximum absolute atomic E-state index is 13.2. The van der Waals surface area contributed by atoms with Gasteiger partial charge in [0.05, 0.1) is 27.9 Å². The van der Waals surface area contributed by atoms with Crippen LogP contribution in [0.3, 0.4) is 0 Å². The number of halogens is 1. The Morgan fingerprint density at radius 2 is 1.69 bits per heavy atom. The highest BCUT2D eigenvalue weighted by atomic mass is 35.5. The first-order valence-electron chi connectivity index (χ1n) is 9.30. The maximum atomic E-state index is 13.2. The molecule has 2 aromatic carbocycles. The second kappa shape index (κ2) is 8.93. The number of hydrogen-bond acceptors (Lipinski definition) is 7. The maximum Gasteiger partial charge on any atom is 0.343 e. The highest BCUT2D eigenvalue weighted by Gasteiger charge is 2.29. The van der Waals surface area contributed by atoms with Gasteiger partial charge in [-0.05, 0) is 44.2 Å². The van der Waals surface area contributed by atoms with Gasteiger partial charge in [-0.3, -0.25) is 0 Å². The molecule has 0 atom stereocenters. The first kappa shape index (κ1) is 23.8. The van der Waals surface area contributed by atoms with Gasteiger partial charge in [-0.2, -0.15) is 8.42 Å². The van der Waals surface area contributed by atoms with E-state index in [2.05, 4.69) is 15.0 Å².